The summed E-state index contributed by atoms with van der Waals surface area (Å²) >= 11 is 0. The fraction of sp³-hybridized carbons (Fsp3) is 0.357. The molecule has 0 atom stereocenters. The van der Waals surface area contributed by atoms with Gasteiger partial charge in [0, 0.05) is 18.4 Å². The van der Waals surface area contributed by atoms with Crippen molar-refractivity contribution in [3.63, 3.8) is 0 Å². The maximum absolute atomic E-state index is 12.1. The zero-order chi connectivity index (χ0) is 12.5. The third-order valence-corrected chi connectivity index (χ3v) is 3.37. The highest BCUT2D eigenvalue weighted by Crippen LogP contribution is 2.33. The Balaban J connectivity index is 1.81. The van der Waals surface area contributed by atoms with Crippen LogP contribution in [-0.2, 0) is 13.2 Å². The van der Waals surface area contributed by atoms with Gasteiger partial charge < -0.3 is 5.11 Å². The number of aromatic nitrogens is 2. The van der Waals surface area contributed by atoms with Gasteiger partial charge in [0.2, 0.25) is 0 Å². The molecule has 0 unspecified atom stereocenters. The van der Waals surface area contributed by atoms with E-state index in [1.807, 2.05) is 41.2 Å². The second-order valence-corrected chi connectivity index (χ2v) is 4.82. The zero-order valence-electron chi connectivity index (χ0n) is 10.1. The minimum atomic E-state index is 0.0539. The molecule has 94 valence electrons. The van der Waals surface area contributed by atoms with Crippen LogP contribution in [0.15, 0.2) is 41.5 Å². The topological polar surface area (TPSA) is 47.2 Å². The smallest absolute Gasteiger partial charge is 0.328 e. The Morgan fingerprint density at radius 1 is 1.11 bits per heavy atom. The van der Waals surface area contributed by atoms with Gasteiger partial charge in [-0.2, -0.15) is 0 Å². The lowest BCUT2D eigenvalue weighted by Gasteiger charge is -2.03. The summed E-state index contributed by atoms with van der Waals surface area (Å²) in [5.74, 6) is 0. The summed E-state index contributed by atoms with van der Waals surface area (Å²) in [5.41, 5.74) is 2.04. The number of hydrogen-bond donors (Lipinski definition) is 1. The van der Waals surface area contributed by atoms with Gasteiger partial charge in [-0.3, -0.25) is 9.13 Å². The van der Waals surface area contributed by atoms with Crippen LogP contribution in [0.2, 0.25) is 0 Å². The number of nitrogens with zero attached hydrogens (tertiary/aromatic N) is 2. The molecule has 18 heavy (non-hydrogen) atoms. The highest BCUT2D eigenvalue weighted by atomic mass is 16.3. The number of rotatable bonds is 4. The molecule has 1 heterocycles. The molecular formula is C14H16N2O2. The van der Waals surface area contributed by atoms with Crippen LogP contribution in [-0.4, -0.2) is 14.2 Å². The first-order valence-electron chi connectivity index (χ1n) is 6.24. The Morgan fingerprint density at radius 2 is 1.78 bits per heavy atom. The minimum Gasteiger partial charge on any atom is -0.392 e. The lowest BCUT2D eigenvalue weighted by molar-refractivity contribution is 0.282. The molecule has 3 rings (SSSR count). The van der Waals surface area contributed by atoms with Gasteiger partial charge in [-0.15, -0.1) is 0 Å². The normalized spacial score (nSPS) is 14.9. The molecule has 1 aliphatic rings. The fourth-order valence-electron chi connectivity index (χ4n) is 2.13. The molecule has 0 spiro atoms. The molecule has 0 aliphatic heterocycles. The molecule has 4 nitrogen and oxygen atoms in total. The predicted octanol–water partition coefficient (Wildman–Crippen LogP) is 1.53. The van der Waals surface area contributed by atoms with Crippen molar-refractivity contribution in [2.24, 2.45) is 0 Å². The van der Waals surface area contributed by atoms with Crippen LogP contribution >= 0.6 is 0 Å². The van der Waals surface area contributed by atoms with Crippen molar-refractivity contribution in [3.8, 4) is 0 Å². The number of aliphatic hydroxyl groups is 1. The number of imidazole rings is 1. The monoisotopic (exact) mass is 244 g/mol. The molecule has 1 aliphatic carbocycles. The Labute approximate surface area is 105 Å². The van der Waals surface area contributed by atoms with Gasteiger partial charge in [-0.05, 0) is 24.0 Å². The second-order valence-electron chi connectivity index (χ2n) is 4.82. The van der Waals surface area contributed by atoms with E-state index in [0.717, 1.165) is 24.0 Å². The number of benzene rings is 1. The Bertz CT molecular complexity index is 591. The Kier molecular flexibility index (Phi) is 2.80. The van der Waals surface area contributed by atoms with Crippen molar-refractivity contribution < 1.29 is 5.11 Å². The third kappa shape index (κ3) is 2.11. The van der Waals surface area contributed by atoms with Crippen molar-refractivity contribution in [1.29, 1.82) is 0 Å². The SMILES string of the molecule is O=c1n(Cc2ccc(CO)cc2)ccn1C1CC1. The molecule has 0 radical (unpaired) electrons. The lowest BCUT2D eigenvalue weighted by Crippen LogP contribution is -2.23. The van der Waals surface area contributed by atoms with Crippen LogP contribution < -0.4 is 5.69 Å². The van der Waals surface area contributed by atoms with E-state index in [2.05, 4.69) is 0 Å². The summed E-state index contributed by atoms with van der Waals surface area (Å²) in [6.07, 6.45) is 5.97. The minimum absolute atomic E-state index is 0.0539. The van der Waals surface area contributed by atoms with Crippen LogP contribution in [0.4, 0.5) is 0 Å². The van der Waals surface area contributed by atoms with E-state index in [1.165, 1.54) is 0 Å². The van der Waals surface area contributed by atoms with Gasteiger partial charge in [0.25, 0.3) is 0 Å². The molecule has 0 saturated heterocycles. The predicted molar refractivity (Wildman–Crippen MR) is 68.4 cm³/mol. The highest BCUT2D eigenvalue weighted by Gasteiger charge is 2.25. The first-order chi connectivity index (χ1) is 8.78. The van der Waals surface area contributed by atoms with Crippen LogP contribution in [0.25, 0.3) is 0 Å². The van der Waals surface area contributed by atoms with Gasteiger partial charge in [-0.1, -0.05) is 24.3 Å². The fourth-order valence-corrected chi connectivity index (χ4v) is 2.13. The standard InChI is InChI=1S/C14H16N2O2/c17-10-12-3-1-11(2-4-12)9-15-7-8-16(14(15)18)13-5-6-13/h1-4,7-8,13,17H,5-6,9-10H2. The van der Waals surface area contributed by atoms with Crippen molar-refractivity contribution >= 4 is 0 Å². The summed E-state index contributed by atoms with van der Waals surface area (Å²) in [6.45, 7) is 0.641. The van der Waals surface area contributed by atoms with Gasteiger partial charge >= 0.3 is 5.69 Å². The van der Waals surface area contributed by atoms with E-state index in [-0.39, 0.29) is 12.3 Å². The molecule has 1 fully saturated rings. The highest BCUT2D eigenvalue weighted by molar-refractivity contribution is 5.22. The first-order valence-corrected chi connectivity index (χ1v) is 6.24. The molecule has 0 bridgehead atoms. The van der Waals surface area contributed by atoms with Crippen LogP contribution in [0.3, 0.4) is 0 Å². The Morgan fingerprint density at radius 3 is 2.39 bits per heavy atom. The number of aliphatic hydroxyl groups excluding tert-OH is 1. The molecule has 1 saturated carbocycles. The van der Waals surface area contributed by atoms with E-state index < -0.39 is 0 Å². The summed E-state index contributed by atoms with van der Waals surface area (Å²) in [6, 6.07) is 8.10. The van der Waals surface area contributed by atoms with Crippen molar-refractivity contribution in [1.82, 2.24) is 9.13 Å². The molecule has 0 amide bonds. The largest absolute Gasteiger partial charge is 0.392 e. The third-order valence-electron chi connectivity index (χ3n) is 3.37. The lowest BCUT2D eigenvalue weighted by atomic mass is 10.1. The van der Waals surface area contributed by atoms with E-state index in [1.54, 1.807) is 4.57 Å². The van der Waals surface area contributed by atoms with Crippen LogP contribution in [0, 0.1) is 0 Å². The summed E-state index contributed by atoms with van der Waals surface area (Å²) in [5, 5.41) is 8.98. The van der Waals surface area contributed by atoms with Crippen LogP contribution in [0.5, 0.6) is 0 Å². The molecule has 4 heteroatoms. The molecule has 2 aromatic rings. The molecule has 1 aromatic carbocycles. The number of hydrogen-bond acceptors (Lipinski definition) is 2. The van der Waals surface area contributed by atoms with E-state index in [4.69, 9.17) is 5.11 Å². The second kappa shape index (κ2) is 4.46. The van der Waals surface area contributed by atoms with E-state index >= 15 is 0 Å². The van der Waals surface area contributed by atoms with Gasteiger partial charge in [0.15, 0.2) is 0 Å². The quantitative estimate of drug-likeness (QED) is 0.886. The maximum Gasteiger partial charge on any atom is 0.328 e. The van der Waals surface area contributed by atoms with Crippen molar-refractivity contribution in [3.05, 3.63) is 58.3 Å². The molecular weight excluding hydrogens is 228 g/mol. The average molecular weight is 244 g/mol. The van der Waals surface area contributed by atoms with E-state index in [9.17, 15) is 4.79 Å². The van der Waals surface area contributed by atoms with Crippen LogP contribution in [0.1, 0.15) is 30.0 Å². The van der Waals surface area contributed by atoms with Gasteiger partial charge in [0.1, 0.15) is 0 Å². The zero-order valence-corrected chi connectivity index (χ0v) is 10.1. The van der Waals surface area contributed by atoms with Crippen molar-refractivity contribution in [2.75, 3.05) is 0 Å². The van der Waals surface area contributed by atoms with Gasteiger partial charge in [0.05, 0.1) is 13.2 Å². The van der Waals surface area contributed by atoms with Gasteiger partial charge in [-0.25, -0.2) is 4.79 Å². The molecule has 1 aromatic heterocycles. The summed E-state index contributed by atoms with van der Waals surface area (Å²) in [4.78, 5) is 12.1. The van der Waals surface area contributed by atoms with E-state index in [0.29, 0.717) is 12.6 Å². The maximum atomic E-state index is 12.1. The van der Waals surface area contributed by atoms with Crippen molar-refractivity contribution in [2.45, 2.75) is 32.0 Å². The average Bonchev–Trinajstić information content (AvgIpc) is 3.17. The summed E-state index contributed by atoms with van der Waals surface area (Å²) in [7, 11) is 0. The first kappa shape index (κ1) is 11.3. The molecule has 1 N–H and O–H groups in total. The summed E-state index contributed by atoms with van der Waals surface area (Å²) < 4.78 is 3.55. The Hall–Kier alpha value is -1.81.